The number of likely N-dealkylation sites (tertiary alicyclic amines) is 1. The highest BCUT2D eigenvalue weighted by Crippen LogP contribution is 2.22. The predicted octanol–water partition coefficient (Wildman–Crippen LogP) is 1.64. The van der Waals surface area contributed by atoms with Crippen molar-refractivity contribution in [2.75, 3.05) is 19.7 Å². The van der Waals surface area contributed by atoms with Crippen molar-refractivity contribution in [1.82, 2.24) is 9.62 Å². The van der Waals surface area contributed by atoms with Gasteiger partial charge in [0, 0.05) is 29.6 Å². The smallest absolute Gasteiger partial charge is 0.260 e. The maximum atomic E-state index is 12.2. The molecule has 0 unspecified atom stereocenters. The third kappa shape index (κ3) is 5.46. The van der Waals surface area contributed by atoms with Gasteiger partial charge in [-0.2, -0.15) is 5.26 Å². The van der Waals surface area contributed by atoms with Crippen LogP contribution in [-0.2, 0) is 14.8 Å². The first-order valence-electron chi connectivity index (χ1n) is 7.59. The Balaban J connectivity index is 1.85. The van der Waals surface area contributed by atoms with E-state index in [0.29, 0.717) is 36.7 Å². The van der Waals surface area contributed by atoms with Crippen molar-refractivity contribution >= 4 is 27.5 Å². The zero-order valence-electron chi connectivity index (χ0n) is 13.4. The molecule has 0 atom stereocenters. The Morgan fingerprint density at radius 1 is 1.48 bits per heavy atom. The lowest BCUT2D eigenvalue weighted by molar-refractivity contribution is -0.134. The summed E-state index contributed by atoms with van der Waals surface area (Å²) < 4.78 is 30.9. The number of hydrogen-bond acceptors (Lipinski definition) is 5. The van der Waals surface area contributed by atoms with Crippen molar-refractivity contribution in [1.29, 1.82) is 5.26 Å². The number of amides is 1. The standard InChI is InChI=1S/C16H18ClN3O4S/c1-2-25(22,23)19-14-5-7-20(8-6-14)16(21)11-24-15-4-3-13(17)9-12(15)10-18/h2-4,9,14,19H,1,5-8,11H2. The minimum atomic E-state index is -3.47. The minimum Gasteiger partial charge on any atom is -0.482 e. The highest BCUT2D eigenvalue weighted by molar-refractivity contribution is 7.92. The van der Waals surface area contributed by atoms with Crippen LogP contribution in [0.15, 0.2) is 30.2 Å². The zero-order valence-corrected chi connectivity index (χ0v) is 15.0. The number of carbonyl (C=O) groups is 1. The summed E-state index contributed by atoms with van der Waals surface area (Å²) in [6.07, 6.45) is 1.03. The van der Waals surface area contributed by atoms with Crippen molar-refractivity contribution in [3.63, 3.8) is 0 Å². The van der Waals surface area contributed by atoms with Crippen LogP contribution in [0.5, 0.6) is 5.75 Å². The van der Waals surface area contributed by atoms with E-state index in [1.165, 1.54) is 6.07 Å². The molecule has 1 amide bonds. The van der Waals surface area contributed by atoms with Gasteiger partial charge in [0.15, 0.2) is 6.61 Å². The number of nitrogens with one attached hydrogen (secondary N) is 1. The molecule has 0 aromatic heterocycles. The van der Waals surface area contributed by atoms with Gasteiger partial charge in [0.1, 0.15) is 11.8 Å². The Labute approximate surface area is 151 Å². The number of carbonyl (C=O) groups excluding carboxylic acids is 1. The number of benzene rings is 1. The molecular formula is C16H18ClN3O4S. The van der Waals surface area contributed by atoms with Crippen molar-refractivity contribution in [2.24, 2.45) is 0 Å². The maximum Gasteiger partial charge on any atom is 0.260 e. The van der Waals surface area contributed by atoms with E-state index >= 15 is 0 Å². The van der Waals surface area contributed by atoms with Gasteiger partial charge in [-0.3, -0.25) is 4.79 Å². The molecule has 1 aliphatic rings. The number of ether oxygens (including phenoxy) is 1. The van der Waals surface area contributed by atoms with E-state index in [9.17, 15) is 13.2 Å². The second-order valence-corrected chi connectivity index (χ2v) is 7.62. The number of nitrogens with zero attached hydrogens (tertiary/aromatic N) is 2. The monoisotopic (exact) mass is 383 g/mol. The molecule has 134 valence electrons. The number of sulfonamides is 1. The summed E-state index contributed by atoms with van der Waals surface area (Å²) in [6, 6.07) is 6.35. The van der Waals surface area contributed by atoms with Crippen LogP contribution in [0, 0.1) is 11.3 Å². The predicted molar refractivity (Wildman–Crippen MR) is 93.5 cm³/mol. The third-order valence-corrected chi connectivity index (χ3v) is 5.15. The lowest BCUT2D eigenvalue weighted by Gasteiger charge is -2.32. The van der Waals surface area contributed by atoms with Crippen LogP contribution in [0.3, 0.4) is 0 Å². The van der Waals surface area contributed by atoms with Crippen LogP contribution in [0.4, 0.5) is 0 Å². The number of rotatable bonds is 6. The summed E-state index contributed by atoms with van der Waals surface area (Å²) in [5.41, 5.74) is 0.262. The first-order valence-corrected chi connectivity index (χ1v) is 9.52. The summed E-state index contributed by atoms with van der Waals surface area (Å²) in [7, 11) is -3.47. The molecule has 1 aromatic rings. The molecule has 1 aliphatic heterocycles. The maximum absolute atomic E-state index is 12.2. The van der Waals surface area contributed by atoms with Crippen molar-refractivity contribution < 1.29 is 17.9 Å². The minimum absolute atomic E-state index is 0.195. The molecule has 0 radical (unpaired) electrons. The first-order chi connectivity index (χ1) is 11.8. The molecule has 0 saturated carbocycles. The van der Waals surface area contributed by atoms with E-state index < -0.39 is 10.0 Å². The lowest BCUT2D eigenvalue weighted by atomic mass is 10.1. The SMILES string of the molecule is C=CS(=O)(=O)NC1CCN(C(=O)COc2ccc(Cl)cc2C#N)CC1. The summed E-state index contributed by atoms with van der Waals surface area (Å²) in [6.45, 7) is 3.91. The van der Waals surface area contributed by atoms with Crippen molar-refractivity contribution in [3.8, 4) is 11.8 Å². The molecule has 1 saturated heterocycles. The summed E-state index contributed by atoms with van der Waals surface area (Å²) >= 11 is 5.81. The Morgan fingerprint density at radius 2 is 2.16 bits per heavy atom. The van der Waals surface area contributed by atoms with E-state index in [1.807, 2.05) is 6.07 Å². The van der Waals surface area contributed by atoms with Crippen LogP contribution >= 0.6 is 11.6 Å². The molecule has 0 spiro atoms. The number of nitriles is 1. The fourth-order valence-corrected chi connectivity index (χ4v) is 3.44. The molecule has 1 heterocycles. The summed E-state index contributed by atoms with van der Waals surface area (Å²) in [4.78, 5) is 13.8. The molecule has 2 rings (SSSR count). The topological polar surface area (TPSA) is 99.5 Å². The second kappa shape index (κ2) is 8.34. The van der Waals surface area contributed by atoms with Crippen LogP contribution in [0.25, 0.3) is 0 Å². The van der Waals surface area contributed by atoms with E-state index in [4.69, 9.17) is 21.6 Å². The third-order valence-electron chi connectivity index (χ3n) is 3.81. The normalized spacial score (nSPS) is 15.4. The molecule has 9 heteroatoms. The van der Waals surface area contributed by atoms with Gasteiger partial charge >= 0.3 is 0 Å². The van der Waals surface area contributed by atoms with Crippen LogP contribution in [0.1, 0.15) is 18.4 Å². The second-order valence-electron chi connectivity index (χ2n) is 5.53. The summed E-state index contributed by atoms with van der Waals surface area (Å²) in [5.74, 6) is 0.0812. The van der Waals surface area contributed by atoms with Crippen molar-refractivity contribution in [2.45, 2.75) is 18.9 Å². The van der Waals surface area contributed by atoms with Gasteiger partial charge in [-0.15, -0.1) is 0 Å². The van der Waals surface area contributed by atoms with E-state index in [0.717, 1.165) is 5.41 Å². The van der Waals surface area contributed by atoms with Crippen LogP contribution in [-0.4, -0.2) is 45.0 Å². The molecule has 1 N–H and O–H groups in total. The largest absolute Gasteiger partial charge is 0.482 e. The molecule has 1 fully saturated rings. The van der Waals surface area contributed by atoms with E-state index in [2.05, 4.69) is 11.3 Å². The zero-order chi connectivity index (χ0) is 18.4. The Bertz CT molecular complexity index is 796. The first kappa shape index (κ1) is 19.2. The molecule has 7 nitrogen and oxygen atoms in total. The molecular weight excluding hydrogens is 366 g/mol. The van der Waals surface area contributed by atoms with Gasteiger partial charge in [0.25, 0.3) is 5.91 Å². The van der Waals surface area contributed by atoms with Crippen LogP contribution < -0.4 is 9.46 Å². The van der Waals surface area contributed by atoms with Crippen LogP contribution in [0.2, 0.25) is 5.02 Å². The number of hydrogen-bond donors (Lipinski definition) is 1. The molecule has 0 bridgehead atoms. The van der Waals surface area contributed by atoms with Crippen molar-refractivity contribution in [3.05, 3.63) is 40.8 Å². The van der Waals surface area contributed by atoms with Gasteiger partial charge in [-0.1, -0.05) is 18.2 Å². The molecule has 25 heavy (non-hydrogen) atoms. The van der Waals surface area contributed by atoms with Gasteiger partial charge in [0.05, 0.1) is 5.56 Å². The quantitative estimate of drug-likeness (QED) is 0.805. The highest BCUT2D eigenvalue weighted by atomic mass is 35.5. The van der Waals surface area contributed by atoms with Gasteiger partial charge in [-0.25, -0.2) is 13.1 Å². The Morgan fingerprint density at radius 3 is 2.76 bits per heavy atom. The fraction of sp³-hybridized carbons (Fsp3) is 0.375. The molecule has 1 aromatic carbocycles. The average Bonchev–Trinajstić information content (AvgIpc) is 2.60. The van der Waals surface area contributed by atoms with E-state index in [-0.39, 0.29) is 24.1 Å². The molecule has 0 aliphatic carbocycles. The van der Waals surface area contributed by atoms with Gasteiger partial charge in [-0.05, 0) is 31.0 Å². The van der Waals surface area contributed by atoms with Gasteiger partial charge in [0.2, 0.25) is 10.0 Å². The Kier molecular flexibility index (Phi) is 6.42. The van der Waals surface area contributed by atoms with Gasteiger partial charge < -0.3 is 9.64 Å². The highest BCUT2D eigenvalue weighted by Gasteiger charge is 2.25. The number of halogens is 1. The number of piperidine rings is 1. The summed E-state index contributed by atoms with van der Waals surface area (Å²) in [5, 5.41) is 10.3. The fourth-order valence-electron chi connectivity index (χ4n) is 2.47. The average molecular weight is 384 g/mol. The van der Waals surface area contributed by atoms with E-state index in [1.54, 1.807) is 17.0 Å². The lowest BCUT2D eigenvalue weighted by Crippen LogP contribution is -2.47. The Hall–Kier alpha value is -2.08.